The van der Waals surface area contributed by atoms with Gasteiger partial charge in [-0.15, -0.1) is 0 Å². The first-order valence-electron chi connectivity index (χ1n) is 22.3. The summed E-state index contributed by atoms with van der Waals surface area (Å²) in [7, 11) is 0. The molecule has 0 radical (unpaired) electrons. The van der Waals surface area contributed by atoms with Gasteiger partial charge in [-0.1, -0.05) is 0 Å². The molecule has 6 saturated carbocycles. The Hall–Kier alpha value is -2.39. The molecule has 0 spiro atoms. The Morgan fingerprint density at radius 3 is 1.68 bits per heavy atom. The third kappa shape index (κ3) is 13.5. The van der Waals surface area contributed by atoms with E-state index in [1.807, 2.05) is 0 Å². The number of hydroxylamine groups is 1. The summed E-state index contributed by atoms with van der Waals surface area (Å²) in [6.07, 6.45) is 15.5. The molecule has 7 atom stereocenters. The van der Waals surface area contributed by atoms with Gasteiger partial charge >= 0.3 is 5.97 Å². The van der Waals surface area contributed by atoms with Crippen molar-refractivity contribution in [1.29, 1.82) is 0 Å². The summed E-state index contributed by atoms with van der Waals surface area (Å²) in [6.45, 7) is 0.498. The summed E-state index contributed by atoms with van der Waals surface area (Å²) < 4.78 is 32.3. The lowest BCUT2D eigenvalue weighted by molar-refractivity contribution is -0.529. The number of ether oxygens (including phenoxy) is 2. The summed E-state index contributed by atoms with van der Waals surface area (Å²) >= 11 is -1.36. The van der Waals surface area contributed by atoms with Crippen LogP contribution in [0.5, 0.6) is 0 Å². The van der Waals surface area contributed by atoms with Crippen molar-refractivity contribution in [3.05, 3.63) is 20.2 Å². The maximum atomic E-state index is 13.2. The molecule has 336 valence electrons. The number of rotatable bonds is 18. The van der Waals surface area contributed by atoms with E-state index in [2.05, 4.69) is 15.7 Å². The molecule has 6 aliphatic carbocycles. The second-order valence-electron chi connectivity index (χ2n) is 18.2. The van der Waals surface area contributed by atoms with E-state index in [4.69, 9.17) is 23.8 Å². The minimum atomic E-state index is -1.36. The fourth-order valence-corrected chi connectivity index (χ4v) is 11.8. The van der Waals surface area contributed by atoms with E-state index in [-0.39, 0.29) is 90.5 Å². The summed E-state index contributed by atoms with van der Waals surface area (Å²) in [5.74, 6) is -3.29. The molecular formula is C40H66N4O14S. The van der Waals surface area contributed by atoms with Gasteiger partial charge in [-0.25, -0.2) is 9.10 Å². The first-order chi connectivity index (χ1) is 28.4. The maximum Gasteiger partial charge on any atom is 0.307 e. The van der Waals surface area contributed by atoms with E-state index < -0.39 is 51.8 Å². The van der Waals surface area contributed by atoms with Crippen molar-refractivity contribution in [2.75, 3.05) is 13.2 Å². The number of amides is 1. The topological polar surface area (TPSA) is 248 Å². The Balaban J connectivity index is 0.800. The maximum absolute atomic E-state index is 13.2. The summed E-state index contributed by atoms with van der Waals surface area (Å²) in [5.41, 5.74) is 3.17. The minimum Gasteiger partial charge on any atom is -0.481 e. The quantitative estimate of drug-likeness (QED) is 0.0778. The summed E-state index contributed by atoms with van der Waals surface area (Å²) in [6, 6.07) is -1.38. The Bertz CT molecular complexity index is 1400. The molecule has 6 aliphatic rings. The average Bonchev–Trinajstić information content (AvgIpc) is 3.23. The predicted octanol–water partition coefficient (Wildman–Crippen LogP) is 5.28. The molecule has 0 aliphatic heterocycles. The van der Waals surface area contributed by atoms with Crippen LogP contribution in [0.25, 0.3) is 0 Å². The van der Waals surface area contributed by atoms with Gasteiger partial charge in [0.1, 0.15) is 0 Å². The van der Waals surface area contributed by atoms with Gasteiger partial charge < -0.3 is 24.7 Å². The zero-order valence-corrected chi connectivity index (χ0v) is 35.0. The van der Waals surface area contributed by atoms with Crippen LogP contribution in [-0.2, 0) is 44.1 Å². The molecule has 0 aromatic rings. The van der Waals surface area contributed by atoms with E-state index in [0.717, 1.165) is 89.9 Å². The monoisotopic (exact) mass is 858 g/mol. The Labute approximate surface area is 348 Å². The van der Waals surface area contributed by atoms with Crippen molar-refractivity contribution in [2.24, 2.45) is 23.7 Å². The van der Waals surface area contributed by atoms with Gasteiger partial charge in [0.05, 0.1) is 60.8 Å². The van der Waals surface area contributed by atoms with Crippen molar-refractivity contribution in [1.82, 2.24) is 10.8 Å². The molecular weight excluding hydrogens is 793 g/mol. The smallest absolute Gasteiger partial charge is 0.307 e. The van der Waals surface area contributed by atoms with E-state index in [0.29, 0.717) is 38.7 Å². The number of hydrogen-bond acceptors (Lipinski definition) is 14. The van der Waals surface area contributed by atoms with Gasteiger partial charge in [-0.05, 0) is 127 Å². The third-order valence-electron chi connectivity index (χ3n) is 14.2. The zero-order valence-electron chi connectivity index (χ0n) is 34.1. The van der Waals surface area contributed by atoms with Gasteiger partial charge in [0.25, 0.3) is 0 Å². The van der Waals surface area contributed by atoms with Crippen molar-refractivity contribution >= 4 is 23.0 Å². The van der Waals surface area contributed by atoms with Crippen LogP contribution < -0.4 is 10.8 Å². The van der Waals surface area contributed by atoms with E-state index in [1.165, 1.54) is 0 Å². The molecule has 0 aromatic carbocycles. The molecule has 7 unspecified atom stereocenters. The number of aliphatic carboxylic acids is 1. The lowest BCUT2D eigenvalue weighted by atomic mass is 9.76. The number of nitrogens with one attached hydrogen (secondary N) is 2. The van der Waals surface area contributed by atoms with Crippen LogP contribution in [0.1, 0.15) is 141 Å². The molecule has 19 heteroatoms. The summed E-state index contributed by atoms with van der Waals surface area (Å²) in [5, 5.41) is 44.2. The number of carbonyl (C=O) groups is 2. The molecule has 1 amide bonds. The number of nitro groups is 2. The highest BCUT2D eigenvalue weighted by Crippen LogP contribution is 2.36. The van der Waals surface area contributed by atoms with Crippen LogP contribution in [0.4, 0.5) is 0 Å². The molecule has 0 heterocycles. The van der Waals surface area contributed by atoms with Crippen LogP contribution in [0, 0.1) is 43.9 Å². The fourth-order valence-electron chi connectivity index (χ4n) is 10.6. The van der Waals surface area contributed by atoms with Crippen molar-refractivity contribution in [3.8, 4) is 0 Å². The molecule has 6 rings (SSSR count). The second kappa shape index (κ2) is 22.6. The lowest BCUT2D eigenvalue weighted by Gasteiger charge is -2.36. The van der Waals surface area contributed by atoms with Crippen LogP contribution in [0.3, 0.4) is 0 Å². The summed E-state index contributed by atoms with van der Waals surface area (Å²) in [4.78, 5) is 57.1. The standard InChI is InChI=1S/C40H66N4O14S/c45-39(38-22-30(44(50)51)7-20-37(38)40(46)47)41-27-2-8-31(9-3-27)57-34-16-18-36(19-17-34)59(53)58-35-14-12-33(13-15-35)56-32-10-4-28(5-11-32)42-54-23-26-21-29(43(48)49)6-1-25(26)24-55-52/h25-38,42,52H,1-24H2,(H,41,45)(H,46,47). The van der Waals surface area contributed by atoms with Gasteiger partial charge in [-0.3, -0.25) is 39.3 Å². The van der Waals surface area contributed by atoms with Crippen LogP contribution >= 0.6 is 0 Å². The van der Waals surface area contributed by atoms with E-state index in [1.54, 1.807) is 0 Å². The number of hydrogen-bond donors (Lipinski definition) is 4. The highest BCUT2D eigenvalue weighted by atomic mass is 32.2. The molecule has 4 N–H and O–H groups in total. The zero-order chi connectivity index (χ0) is 41.9. The van der Waals surface area contributed by atoms with Gasteiger partial charge in [0.2, 0.25) is 18.0 Å². The van der Waals surface area contributed by atoms with Gasteiger partial charge in [-0.2, -0.15) is 5.48 Å². The average molecular weight is 859 g/mol. The molecule has 0 saturated heterocycles. The van der Waals surface area contributed by atoms with Gasteiger partial charge in [0, 0.05) is 47.6 Å². The van der Waals surface area contributed by atoms with E-state index >= 15 is 0 Å². The minimum absolute atomic E-state index is 0.0107. The fraction of sp³-hybridized carbons (Fsp3) is 0.950. The van der Waals surface area contributed by atoms with Crippen molar-refractivity contribution < 1.29 is 57.4 Å². The van der Waals surface area contributed by atoms with Crippen molar-refractivity contribution in [2.45, 2.75) is 201 Å². The first-order valence-corrected chi connectivity index (χ1v) is 23.4. The third-order valence-corrected chi connectivity index (χ3v) is 15.7. The Morgan fingerprint density at radius 2 is 1.12 bits per heavy atom. The van der Waals surface area contributed by atoms with Crippen LogP contribution in [0.15, 0.2) is 0 Å². The molecule has 0 aromatic heterocycles. The highest BCUT2D eigenvalue weighted by Gasteiger charge is 2.44. The molecule has 18 nitrogen and oxygen atoms in total. The number of carboxylic acid groups (broad SMARTS) is 1. The highest BCUT2D eigenvalue weighted by molar-refractivity contribution is 7.80. The molecule has 0 bridgehead atoms. The number of carboxylic acids is 1. The first kappa shape index (κ1) is 46.1. The Kier molecular flexibility index (Phi) is 17.7. The van der Waals surface area contributed by atoms with Crippen LogP contribution in [0.2, 0.25) is 0 Å². The molecule has 6 fully saturated rings. The normalized spacial score (nSPS) is 38.8. The largest absolute Gasteiger partial charge is 0.481 e. The second-order valence-corrected chi connectivity index (χ2v) is 19.6. The van der Waals surface area contributed by atoms with Crippen molar-refractivity contribution in [3.63, 3.8) is 0 Å². The van der Waals surface area contributed by atoms with Gasteiger partial charge in [0.15, 0.2) is 11.1 Å². The molecule has 59 heavy (non-hydrogen) atoms. The number of carbonyl (C=O) groups excluding carboxylic acids is 1. The van der Waals surface area contributed by atoms with E-state index in [9.17, 15) is 39.1 Å². The SMILES string of the molecule is O=C(O)C1CCC([N+](=O)[O-])CC1C(=O)NC1CCC(OC2CCC(S(=O)OC3CCC(OC4CCC(NOCC5CC([N+](=O)[O-])CCC5COO)CC4)CC3)CC2)CC1. The van der Waals surface area contributed by atoms with Crippen LogP contribution in [-0.4, -0.2) is 109 Å². The predicted molar refractivity (Wildman–Crippen MR) is 212 cm³/mol. The Morgan fingerprint density at radius 1 is 0.610 bits per heavy atom. The lowest BCUT2D eigenvalue weighted by Crippen LogP contribution is -2.48. The number of nitrogens with zero attached hydrogens (tertiary/aromatic N) is 2.